The number of carboxylic acid groups (broad SMARTS) is 1. The summed E-state index contributed by atoms with van der Waals surface area (Å²) in [5, 5.41) is 9.67. The Bertz CT molecular complexity index is 816. The van der Waals surface area contributed by atoms with Gasteiger partial charge in [0.2, 0.25) is 20.0 Å². The largest absolute Gasteiger partial charge is 0.479 e. The normalized spacial score (nSPS) is 12.6. The molecule has 0 spiro atoms. The van der Waals surface area contributed by atoms with Gasteiger partial charge in [0.25, 0.3) is 0 Å². The molecular weight excluding hydrogens is 585 g/mol. The Morgan fingerprint density at radius 1 is 0.465 bits per heavy atom. The maximum Gasteiger partial charge on any atom is 0.340 e. The average Bonchev–Trinajstić information content (AvgIpc) is 2.93. The fraction of sp³-hybridized carbons (Fsp3) is 0.970. The molecule has 0 aliphatic heterocycles. The van der Waals surface area contributed by atoms with E-state index in [4.69, 9.17) is 0 Å². The first-order valence-electron chi connectivity index (χ1n) is 17.7. The summed E-state index contributed by atoms with van der Waals surface area (Å²) in [5.74, 6) is -2.03. The van der Waals surface area contributed by atoms with E-state index in [1.807, 2.05) is 0 Å². The predicted octanol–water partition coefficient (Wildman–Crippen LogP) is 8.81. The van der Waals surface area contributed by atoms with E-state index in [0.29, 0.717) is 12.8 Å². The number of unbranched alkanes of at least 4 members (excludes halogenated alkanes) is 24. The van der Waals surface area contributed by atoms with E-state index in [9.17, 15) is 26.7 Å². The molecule has 0 heterocycles. The number of carboxylic acids is 1. The molecule has 0 aromatic carbocycles. The molecule has 0 radical (unpaired) electrons. The first-order valence-corrected chi connectivity index (χ1v) is 21.0. The van der Waals surface area contributed by atoms with Crippen LogP contribution in [0.15, 0.2) is 0 Å². The van der Waals surface area contributed by atoms with Crippen LogP contribution in [-0.4, -0.2) is 45.1 Å². The van der Waals surface area contributed by atoms with Gasteiger partial charge in [-0.1, -0.05) is 168 Å². The Kier molecular flexibility index (Phi) is 26.1. The third-order valence-electron chi connectivity index (χ3n) is 8.18. The maximum absolute atomic E-state index is 12.6. The number of hydrogen-bond donors (Lipinski definition) is 3. The lowest BCUT2D eigenvalue weighted by molar-refractivity contribution is -0.143. The maximum atomic E-state index is 12.6. The van der Waals surface area contributed by atoms with Gasteiger partial charge in [-0.3, -0.25) is 0 Å². The van der Waals surface area contributed by atoms with Crippen LogP contribution in [0.3, 0.4) is 0 Å². The second kappa shape index (κ2) is 26.5. The van der Waals surface area contributed by atoms with Gasteiger partial charge in [-0.2, -0.15) is 9.44 Å². The summed E-state index contributed by atoms with van der Waals surface area (Å²) < 4.78 is 54.7. The van der Waals surface area contributed by atoms with E-state index in [0.717, 1.165) is 58.3 Å². The number of rotatable bonds is 33. The number of nitrogens with one attached hydrogen (secondary N) is 2. The summed E-state index contributed by atoms with van der Waals surface area (Å²) >= 11 is 0. The van der Waals surface area contributed by atoms with Crippen LogP contribution in [0, 0.1) is 0 Å². The summed E-state index contributed by atoms with van der Waals surface area (Å²) in [6, 6.07) is 0. The molecule has 0 aromatic heterocycles. The van der Waals surface area contributed by atoms with Gasteiger partial charge in [0.1, 0.15) is 0 Å². The van der Waals surface area contributed by atoms with Crippen molar-refractivity contribution in [2.24, 2.45) is 0 Å². The van der Waals surface area contributed by atoms with Crippen molar-refractivity contribution in [1.29, 1.82) is 0 Å². The van der Waals surface area contributed by atoms with Gasteiger partial charge < -0.3 is 5.11 Å². The van der Waals surface area contributed by atoms with Crippen LogP contribution in [0.2, 0.25) is 0 Å². The van der Waals surface area contributed by atoms with E-state index >= 15 is 0 Å². The third-order valence-corrected chi connectivity index (χ3v) is 11.3. The van der Waals surface area contributed by atoms with Gasteiger partial charge in [0, 0.05) is 0 Å². The Balaban J connectivity index is 4.14. The molecule has 0 aliphatic carbocycles. The van der Waals surface area contributed by atoms with Gasteiger partial charge >= 0.3 is 5.97 Å². The smallest absolute Gasteiger partial charge is 0.340 e. The van der Waals surface area contributed by atoms with Crippen LogP contribution in [0.25, 0.3) is 0 Å². The van der Waals surface area contributed by atoms with Crippen LogP contribution in [0.4, 0.5) is 0 Å². The molecule has 0 bridgehead atoms. The first-order chi connectivity index (χ1) is 20.5. The quantitative estimate of drug-likeness (QED) is 0.0480. The molecule has 258 valence electrons. The number of hydrogen-bond acceptors (Lipinski definition) is 5. The summed E-state index contributed by atoms with van der Waals surface area (Å²) in [5.41, 5.74) is -2.31. The molecule has 0 saturated heterocycles. The Labute approximate surface area is 266 Å². The molecular formula is C33H68N2O6S2. The summed E-state index contributed by atoms with van der Waals surface area (Å²) in [4.78, 5) is 11.9. The molecule has 3 N–H and O–H groups in total. The fourth-order valence-electron chi connectivity index (χ4n) is 5.45. The van der Waals surface area contributed by atoms with Crippen LogP contribution >= 0.6 is 0 Å². The second-order valence-corrected chi connectivity index (χ2v) is 16.4. The highest BCUT2D eigenvalue weighted by Gasteiger charge is 2.40. The Hall–Kier alpha value is -0.710. The third kappa shape index (κ3) is 26.2. The molecule has 0 aliphatic rings. The minimum atomic E-state index is -3.98. The van der Waals surface area contributed by atoms with Crippen LogP contribution in [-0.2, 0) is 24.8 Å². The topological polar surface area (TPSA) is 130 Å². The van der Waals surface area contributed by atoms with Gasteiger partial charge in [-0.25, -0.2) is 21.6 Å². The predicted molar refractivity (Wildman–Crippen MR) is 181 cm³/mol. The summed E-state index contributed by atoms with van der Waals surface area (Å²) in [6.45, 7) is 5.51. The van der Waals surface area contributed by atoms with Crippen molar-refractivity contribution in [3.8, 4) is 0 Å². The lowest BCUT2D eigenvalue weighted by Crippen LogP contribution is -2.63. The van der Waals surface area contributed by atoms with Crippen molar-refractivity contribution in [3.05, 3.63) is 0 Å². The number of sulfonamides is 2. The lowest BCUT2D eigenvalue weighted by Gasteiger charge is -2.27. The number of carbonyl (C=O) groups is 1. The molecule has 10 heteroatoms. The molecule has 0 amide bonds. The van der Waals surface area contributed by atoms with Gasteiger partial charge in [0.05, 0.1) is 11.5 Å². The lowest BCUT2D eigenvalue weighted by atomic mass is 10.1. The van der Waals surface area contributed by atoms with E-state index in [1.54, 1.807) is 0 Å². The fourth-order valence-corrected chi connectivity index (χ4v) is 8.41. The highest BCUT2D eigenvalue weighted by Crippen LogP contribution is 2.15. The van der Waals surface area contributed by atoms with E-state index in [-0.39, 0.29) is 11.5 Å². The van der Waals surface area contributed by atoms with Crippen molar-refractivity contribution >= 4 is 26.0 Å². The average molecular weight is 653 g/mol. The summed E-state index contributed by atoms with van der Waals surface area (Å²) in [6.07, 6.45) is 29.3. The minimum Gasteiger partial charge on any atom is -0.479 e. The highest BCUT2D eigenvalue weighted by atomic mass is 32.2. The van der Waals surface area contributed by atoms with Crippen LogP contribution in [0.5, 0.6) is 0 Å². The zero-order valence-corrected chi connectivity index (χ0v) is 29.7. The van der Waals surface area contributed by atoms with Crippen LogP contribution in [0.1, 0.15) is 188 Å². The zero-order valence-electron chi connectivity index (χ0n) is 28.1. The molecule has 8 nitrogen and oxygen atoms in total. The standard InChI is InChI=1S/C33H68N2O6S2/c1-4-6-8-10-12-14-16-18-20-22-24-26-28-30-42(38,39)34-33(3,32(36)37)35-43(40,41)31-29-27-25-23-21-19-17-15-13-11-9-7-5-2/h34-35H,4-31H2,1-3H3,(H,36,37). The van der Waals surface area contributed by atoms with Gasteiger partial charge in [0.15, 0.2) is 5.66 Å². The van der Waals surface area contributed by atoms with Crippen molar-refractivity contribution < 1.29 is 26.7 Å². The Morgan fingerprint density at radius 2 is 0.674 bits per heavy atom. The van der Waals surface area contributed by atoms with Crippen molar-refractivity contribution in [2.75, 3.05) is 11.5 Å². The van der Waals surface area contributed by atoms with Crippen LogP contribution < -0.4 is 9.44 Å². The van der Waals surface area contributed by atoms with Crippen molar-refractivity contribution in [1.82, 2.24) is 9.44 Å². The number of aliphatic carboxylic acids is 1. The molecule has 0 aromatic rings. The second-order valence-electron chi connectivity index (χ2n) is 12.8. The molecule has 0 fully saturated rings. The Morgan fingerprint density at radius 3 is 0.884 bits per heavy atom. The van der Waals surface area contributed by atoms with E-state index < -0.39 is 31.7 Å². The molecule has 0 unspecified atom stereocenters. The highest BCUT2D eigenvalue weighted by molar-refractivity contribution is 7.90. The minimum absolute atomic E-state index is 0.228. The zero-order chi connectivity index (χ0) is 32.3. The SMILES string of the molecule is CCCCCCCCCCCCCCCS(=O)(=O)NC(C)(NS(=O)(=O)CCCCCCCCCCCCCCC)C(=O)O. The first kappa shape index (κ1) is 42.3. The molecule has 43 heavy (non-hydrogen) atoms. The monoisotopic (exact) mass is 652 g/mol. The van der Waals surface area contributed by atoms with E-state index in [1.165, 1.54) is 103 Å². The van der Waals surface area contributed by atoms with Gasteiger partial charge in [-0.15, -0.1) is 0 Å². The van der Waals surface area contributed by atoms with Crippen molar-refractivity contribution in [2.45, 2.75) is 193 Å². The van der Waals surface area contributed by atoms with Crippen molar-refractivity contribution in [3.63, 3.8) is 0 Å². The van der Waals surface area contributed by atoms with E-state index in [2.05, 4.69) is 23.3 Å². The molecule has 0 rings (SSSR count). The van der Waals surface area contributed by atoms with Gasteiger partial charge in [-0.05, 0) is 19.8 Å². The summed E-state index contributed by atoms with van der Waals surface area (Å²) in [7, 11) is -7.95. The molecule has 0 saturated carbocycles. The molecule has 0 atom stereocenters.